The lowest BCUT2D eigenvalue weighted by atomic mass is 10.3. The zero-order chi connectivity index (χ0) is 12.3. The van der Waals surface area contributed by atoms with E-state index in [0.717, 1.165) is 18.2 Å². The topological polar surface area (TPSA) is 65.3 Å². The Bertz CT molecular complexity index is 530. The van der Waals surface area contributed by atoms with Crippen molar-refractivity contribution >= 4 is 17.0 Å². The lowest BCUT2D eigenvalue weighted by Crippen LogP contribution is -1.99. The van der Waals surface area contributed by atoms with Gasteiger partial charge in [0.2, 0.25) is 0 Å². The van der Waals surface area contributed by atoms with Crippen molar-refractivity contribution in [2.45, 2.75) is 6.61 Å². The van der Waals surface area contributed by atoms with Gasteiger partial charge < -0.3 is 4.74 Å². The second-order valence-electron chi connectivity index (χ2n) is 3.14. The molecule has 0 radical (unpaired) electrons. The van der Waals surface area contributed by atoms with E-state index in [4.69, 9.17) is 4.74 Å². The van der Waals surface area contributed by atoms with Gasteiger partial charge in [0.15, 0.2) is 5.75 Å². The van der Waals surface area contributed by atoms with Crippen LogP contribution < -0.4 is 4.74 Å². The molecule has 1 heterocycles. The lowest BCUT2D eigenvalue weighted by molar-refractivity contribution is -0.386. The highest BCUT2D eigenvalue weighted by Gasteiger charge is 2.16. The summed E-state index contributed by atoms with van der Waals surface area (Å²) in [6, 6.07) is 3.09. The fourth-order valence-corrected chi connectivity index (χ4v) is 1.76. The maximum atomic E-state index is 13.0. The number of hydrogen-bond acceptors (Lipinski definition) is 5. The summed E-state index contributed by atoms with van der Waals surface area (Å²) in [6.45, 7) is 0.0772. The van der Waals surface area contributed by atoms with E-state index < -0.39 is 10.7 Å². The van der Waals surface area contributed by atoms with Crippen molar-refractivity contribution in [3.05, 3.63) is 50.7 Å². The fourth-order valence-electron chi connectivity index (χ4n) is 1.21. The highest BCUT2D eigenvalue weighted by Crippen LogP contribution is 2.28. The Morgan fingerprint density at radius 2 is 2.35 bits per heavy atom. The van der Waals surface area contributed by atoms with E-state index in [1.807, 2.05) is 0 Å². The SMILES string of the molecule is O=[N+]([O-])c1ccc(F)cc1OCc1cscn1. The van der Waals surface area contributed by atoms with Crippen LogP contribution in [0.25, 0.3) is 0 Å². The summed E-state index contributed by atoms with van der Waals surface area (Å²) in [4.78, 5) is 14.0. The van der Waals surface area contributed by atoms with Crippen LogP contribution in [0.15, 0.2) is 29.1 Å². The molecular formula is C10H7FN2O3S. The predicted octanol–water partition coefficient (Wildman–Crippen LogP) is 2.77. The van der Waals surface area contributed by atoms with Crippen LogP contribution in [0.1, 0.15) is 5.69 Å². The fraction of sp³-hybridized carbons (Fsp3) is 0.100. The number of nitro benzene ring substituents is 1. The molecule has 17 heavy (non-hydrogen) atoms. The number of aromatic nitrogens is 1. The number of nitro groups is 1. The average Bonchev–Trinajstić information content (AvgIpc) is 2.78. The lowest BCUT2D eigenvalue weighted by Gasteiger charge is -2.04. The van der Waals surface area contributed by atoms with Crippen LogP contribution in [0.2, 0.25) is 0 Å². The Morgan fingerprint density at radius 1 is 1.53 bits per heavy atom. The van der Waals surface area contributed by atoms with E-state index in [-0.39, 0.29) is 18.0 Å². The molecule has 1 aromatic heterocycles. The maximum absolute atomic E-state index is 13.0. The van der Waals surface area contributed by atoms with Crippen molar-refractivity contribution in [1.82, 2.24) is 4.98 Å². The standard InChI is InChI=1S/C10H7FN2O3S/c11-7-1-2-9(13(14)15)10(3-7)16-4-8-5-17-6-12-8/h1-3,5-6H,4H2. The predicted molar refractivity (Wildman–Crippen MR) is 59.5 cm³/mol. The van der Waals surface area contributed by atoms with Gasteiger partial charge >= 0.3 is 5.69 Å². The highest BCUT2D eigenvalue weighted by molar-refractivity contribution is 7.07. The van der Waals surface area contributed by atoms with Gasteiger partial charge in [0.05, 0.1) is 16.1 Å². The van der Waals surface area contributed by atoms with Crippen molar-refractivity contribution in [2.75, 3.05) is 0 Å². The molecule has 0 amide bonds. The molecule has 2 rings (SSSR count). The first-order chi connectivity index (χ1) is 8.16. The van der Waals surface area contributed by atoms with Crippen LogP contribution in [-0.4, -0.2) is 9.91 Å². The molecule has 0 aliphatic rings. The molecule has 0 bridgehead atoms. The molecule has 2 aromatic rings. The summed E-state index contributed by atoms with van der Waals surface area (Å²) < 4.78 is 18.1. The van der Waals surface area contributed by atoms with Gasteiger partial charge in [-0.05, 0) is 6.07 Å². The van der Waals surface area contributed by atoms with E-state index in [0.29, 0.717) is 5.69 Å². The Labute approximate surface area is 99.6 Å². The summed E-state index contributed by atoms with van der Waals surface area (Å²) in [5, 5.41) is 12.4. The number of rotatable bonds is 4. The minimum atomic E-state index is -0.615. The van der Waals surface area contributed by atoms with Crippen LogP contribution in [0.5, 0.6) is 5.75 Å². The molecule has 7 heteroatoms. The molecule has 1 aromatic carbocycles. The smallest absolute Gasteiger partial charge is 0.311 e. The van der Waals surface area contributed by atoms with Gasteiger partial charge in [0, 0.05) is 17.5 Å². The average molecular weight is 254 g/mol. The van der Waals surface area contributed by atoms with Crippen LogP contribution in [-0.2, 0) is 6.61 Å². The van der Waals surface area contributed by atoms with Gasteiger partial charge in [-0.2, -0.15) is 0 Å². The Balaban J connectivity index is 2.19. The van der Waals surface area contributed by atoms with Crippen LogP contribution >= 0.6 is 11.3 Å². The van der Waals surface area contributed by atoms with Gasteiger partial charge in [-0.25, -0.2) is 9.37 Å². The zero-order valence-electron chi connectivity index (χ0n) is 8.50. The highest BCUT2D eigenvalue weighted by atomic mass is 32.1. The summed E-state index contributed by atoms with van der Waals surface area (Å²) in [6.07, 6.45) is 0. The normalized spacial score (nSPS) is 10.2. The molecule has 0 aliphatic heterocycles. The summed E-state index contributed by atoms with van der Waals surface area (Å²) in [5.74, 6) is -0.674. The Morgan fingerprint density at radius 3 is 3.00 bits per heavy atom. The third-order valence-electron chi connectivity index (χ3n) is 1.98. The van der Waals surface area contributed by atoms with Crippen molar-refractivity contribution in [3.8, 4) is 5.75 Å². The monoisotopic (exact) mass is 254 g/mol. The second kappa shape index (κ2) is 4.88. The van der Waals surface area contributed by atoms with Gasteiger partial charge in [-0.1, -0.05) is 0 Å². The van der Waals surface area contributed by atoms with Crippen LogP contribution in [0.4, 0.5) is 10.1 Å². The minimum absolute atomic E-state index is 0.0772. The molecule has 88 valence electrons. The van der Waals surface area contributed by atoms with E-state index in [1.54, 1.807) is 10.9 Å². The van der Waals surface area contributed by atoms with E-state index >= 15 is 0 Å². The molecule has 0 saturated carbocycles. The third-order valence-corrected chi connectivity index (χ3v) is 2.61. The Hall–Kier alpha value is -2.02. The van der Waals surface area contributed by atoms with E-state index in [1.165, 1.54) is 11.3 Å². The molecule has 0 saturated heterocycles. The first-order valence-electron chi connectivity index (χ1n) is 4.60. The number of hydrogen-bond donors (Lipinski definition) is 0. The number of thiazole rings is 1. The van der Waals surface area contributed by atoms with Gasteiger partial charge in [0.1, 0.15) is 12.4 Å². The van der Waals surface area contributed by atoms with Crippen LogP contribution in [0, 0.1) is 15.9 Å². The maximum Gasteiger partial charge on any atom is 0.311 e. The van der Waals surface area contributed by atoms with Gasteiger partial charge in [0.25, 0.3) is 0 Å². The first-order valence-corrected chi connectivity index (χ1v) is 5.55. The molecule has 0 atom stereocenters. The molecule has 0 fully saturated rings. The first kappa shape index (κ1) is 11.5. The zero-order valence-corrected chi connectivity index (χ0v) is 9.32. The second-order valence-corrected chi connectivity index (χ2v) is 3.86. The van der Waals surface area contributed by atoms with Crippen molar-refractivity contribution in [1.29, 1.82) is 0 Å². The molecule has 0 aliphatic carbocycles. The van der Waals surface area contributed by atoms with Crippen LogP contribution in [0.3, 0.4) is 0 Å². The Kier molecular flexibility index (Phi) is 3.29. The van der Waals surface area contributed by atoms with Crippen molar-refractivity contribution in [2.24, 2.45) is 0 Å². The summed E-state index contributed by atoms with van der Waals surface area (Å²) in [7, 11) is 0. The summed E-state index contributed by atoms with van der Waals surface area (Å²) >= 11 is 1.39. The molecule has 0 spiro atoms. The van der Waals surface area contributed by atoms with E-state index in [9.17, 15) is 14.5 Å². The molecule has 0 N–H and O–H groups in total. The van der Waals surface area contributed by atoms with Gasteiger partial charge in [-0.15, -0.1) is 11.3 Å². The van der Waals surface area contributed by atoms with Crippen molar-refractivity contribution < 1.29 is 14.1 Å². The number of ether oxygens (including phenoxy) is 1. The number of nitrogens with zero attached hydrogens (tertiary/aromatic N) is 2. The van der Waals surface area contributed by atoms with E-state index in [2.05, 4.69) is 4.98 Å². The molecule has 5 nitrogen and oxygen atoms in total. The molecule has 0 unspecified atom stereocenters. The number of halogens is 1. The number of benzene rings is 1. The van der Waals surface area contributed by atoms with Crippen molar-refractivity contribution in [3.63, 3.8) is 0 Å². The minimum Gasteiger partial charge on any atom is -0.480 e. The summed E-state index contributed by atoms with van der Waals surface area (Å²) in [5.41, 5.74) is 2.01. The quantitative estimate of drug-likeness (QED) is 0.621. The third kappa shape index (κ3) is 2.76. The van der Waals surface area contributed by atoms with Gasteiger partial charge in [-0.3, -0.25) is 10.1 Å². The largest absolute Gasteiger partial charge is 0.480 e. The molecular weight excluding hydrogens is 247 g/mol.